The van der Waals surface area contributed by atoms with E-state index in [2.05, 4.69) is 10.1 Å². The van der Waals surface area contributed by atoms with Gasteiger partial charge in [0.25, 0.3) is 5.91 Å². The smallest absolute Gasteiger partial charge is 0.343 e. The molecule has 0 radical (unpaired) electrons. The molecule has 0 aromatic heterocycles. The molecule has 6 nitrogen and oxygen atoms in total. The quantitative estimate of drug-likeness (QED) is 0.498. The first kappa shape index (κ1) is 17.8. The summed E-state index contributed by atoms with van der Waals surface area (Å²) in [6, 6.07) is 17.5. The van der Waals surface area contributed by atoms with Gasteiger partial charge in [-0.1, -0.05) is 36.4 Å². The zero-order valence-corrected chi connectivity index (χ0v) is 13.6. The maximum absolute atomic E-state index is 12.3. The van der Waals surface area contributed by atoms with Crippen LogP contribution in [0, 0.1) is 11.3 Å². The number of benzene rings is 2. The third-order valence-electron chi connectivity index (χ3n) is 3.19. The fraction of sp³-hybridized carbons (Fsp3) is 0.105. The summed E-state index contributed by atoms with van der Waals surface area (Å²) < 4.78 is 9.90. The van der Waals surface area contributed by atoms with Crippen LogP contribution in [0.4, 0.5) is 5.69 Å². The van der Waals surface area contributed by atoms with Gasteiger partial charge >= 0.3 is 5.97 Å². The van der Waals surface area contributed by atoms with Gasteiger partial charge in [0.15, 0.2) is 6.61 Å². The second-order valence-electron chi connectivity index (χ2n) is 4.89. The van der Waals surface area contributed by atoms with Crippen LogP contribution in [0.25, 0.3) is 6.08 Å². The molecular weight excluding hydrogens is 320 g/mol. The summed E-state index contributed by atoms with van der Waals surface area (Å²) in [5.41, 5.74) is 1.01. The van der Waals surface area contributed by atoms with Gasteiger partial charge in [-0.05, 0) is 24.3 Å². The lowest BCUT2D eigenvalue weighted by Gasteiger charge is -2.09. The molecule has 0 fully saturated rings. The monoisotopic (exact) mass is 336 g/mol. The van der Waals surface area contributed by atoms with Crippen molar-refractivity contribution >= 4 is 23.6 Å². The summed E-state index contributed by atoms with van der Waals surface area (Å²) in [7, 11) is 1.26. The second kappa shape index (κ2) is 8.89. The van der Waals surface area contributed by atoms with E-state index in [9.17, 15) is 14.9 Å². The van der Waals surface area contributed by atoms with E-state index in [-0.39, 0.29) is 12.2 Å². The molecule has 0 saturated carbocycles. The van der Waals surface area contributed by atoms with Crippen molar-refractivity contribution in [2.24, 2.45) is 0 Å². The zero-order chi connectivity index (χ0) is 18.1. The largest absolute Gasteiger partial charge is 0.481 e. The van der Waals surface area contributed by atoms with E-state index >= 15 is 0 Å². The molecule has 2 rings (SSSR count). The highest BCUT2D eigenvalue weighted by atomic mass is 16.6. The van der Waals surface area contributed by atoms with Gasteiger partial charge in [0.2, 0.25) is 0 Å². The number of hydrogen-bond donors (Lipinski definition) is 1. The van der Waals surface area contributed by atoms with Gasteiger partial charge in [-0.25, -0.2) is 4.79 Å². The summed E-state index contributed by atoms with van der Waals surface area (Å²) in [5, 5.41) is 11.9. The summed E-state index contributed by atoms with van der Waals surface area (Å²) in [6.07, 6.45) is 1.41. The van der Waals surface area contributed by atoms with Crippen molar-refractivity contribution in [3.8, 4) is 11.8 Å². The highest BCUT2D eigenvalue weighted by Gasteiger charge is 2.12. The van der Waals surface area contributed by atoms with E-state index in [4.69, 9.17) is 4.74 Å². The maximum atomic E-state index is 12.3. The van der Waals surface area contributed by atoms with Crippen molar-refractivity contribution in [1.29, 1.82) is 5.26 Å². The van der Waals surface area contributed by atoms with Crippen LogP contribution in [0.5, 0.6) is 5.75 Å². The Bertz CT molecular complexity index is 823. The van der Waals surface area contributed by atoms with Crippen LogP contribution in [0.1, 0.15) is 5.56 Å². The van der Waals surface area contributed by atoms with Crippen molar-refractivity contribution in [2.75, 3.05) is 19.0 Å². The molecule has 0 aliphatic carbocycles. The fourth-order valence-corrected chi connectivity index (χ4v) is 1.95. The van der Waals surface area contributed by atoms with E-state index in [1.165, 1.54) is 13.2 Å². The van der Waals surface area contributed by atoms with Crippen molar-refractivity contribution in [2.45, 2.75) is 0 Å². The highest BCUT2D eigenvalue weighted by molar-refractivity contribution is 6.09. The second-order valence-corrected chi connectivity index (χ2v) is 4.89. The molecule has 0 saturated heterocycles. The Morgan fingerprint density at radius 3 is 2.48 bits per heavy atom. The van der Waals surface area contributed by atoms with Crippen molar-refractivity contribution < 1.29 is 19.1 Å². The van der Waals surface area contributed by atoms with Crippen LogP contribution in [-0.2, 0) is 14.3 Å². The molecule has 126 valence electrons. The zero-order valence-electron chi connectivity index (χ0n) is 13.6. The summed E-state index contributed by atoms with van der Waals surface area (Å²) in [4.78, 5) is 23.5. The van der Waals surface area contributed by atoms with Crippen LogP contribution in [0.15, 0.2) is 60.2 Å². The summed E-state index contributed by atoms with van der Waals surface area (Å²) in [5.74, 6) is -0.689. The number of amides is 1. The molecule has 0 aliphatic heterocycles. The average Bonchev–Trinajstić information content (AvgIpc) is 2.65. The van der Waals surface area contributed by atoms with Crippen LogP contribution < -0.4 is 10.1 Å². The molecule has 0 heterocycles. The minimum absolute atomic E-state index is 0.0852. The number of nitrogens with zero attached hydrogens (tertiary/aromatic N) is 1. The average molecular weight is 336 g/mol. The van der Waals surface area contributed by atoms with Gasteiger partial charge in [-0.15, -0.1) is 0 Å². The molecule has 0 spiro atoms. The number of carbonyl (C=O) groups is 2. The number of nitriles is 1. The Morgan fingerprint density at radius 1 is 1.12 bits per heavy atom. The molecule has 0 aliphatic rings. The summed E-state index contributed by atoms with van der Waals surface area (Å²) in [6.45, 7) is -0.264. The lowest BCUT2D eigenvalue weighted by molar-refractivity contribution is -0.142. The third kappa shape index (κ3) is 5.22. The molecule has 0 unspecified atom stereocenters. The van der Waals surface area contributed by atoms with Gasteiger partial charge in [-0.2, -0.15) is 5.26 Å². The first-order valence-electron chi connectivity index (χ1n) is 7.41. The van der Waals surface area contributed by atoms with Crippen LogP contribution >= 0.6 is 0 Å². The van der Waals surface area contributed by atoms with E-state index in [0.29, 0.717) is 17.0 Å². The lowest BCUT2D eigenvalue weighted by atomic mass is 10.1. The molecule has 6 heteroatoms. The predicted molar refractivity (Wildman–Crippen MR) is 92.6 cm³/mol. The highest BCUT2D eigenvalue weighted by Crippen LogP contribution is 2.21. The Kier molecular flexibility index (Phi) is 6.32. The van der Waals surface area contributed by atoms with Crippen LogP contribution in [-0.4, -0.2) is 25.6 Å². The number of ether oxygens (including phenoxy) is 2. The Labute approximate surface area is 145 Å². The minimum Gasteiger partial charge on any atom is -0.481 e. The Balaban J connectivity index is 2.20. The molecule has 1 N–H and O–H groups in total. The molecule has 0 atom stereocenters. The Morgan fingerprint density at radius 2 is 1.80 bits per heavy atom. The van der Waals surface area contributed by atoms with Crippen LogP contribution in [0.2, 0.25) is 0 Å². The van der Waals surface area contributed by atoms with E-state index in [0.717, 1.165) is 0 Å². The molecule has 1 amide bonds. The summed E-state index contributed by atoms with van der Waals surface area (Å²) >= 11 is 0. The standard InChI is InChI=1S/C19H16N2O4/c1-24-18(22)13-25-17-10-6-5-7-14(17)11-15(12-20)19(23)21-16-8-3-2-4-9-16/h2-11H,13H2,1H3,(H,21,23)/b15-11+. The number of anilines is 1. The molecule has 0 bridgehead atoms. The van der Waals surface area contributed by atoms with Gasteiger partial charge in [-0.3, -0.25) is 4.79 Å². The van der Waals surface area contributed by atoms with E-state index in [1.807, 2.05) is 12.1 Å². The van der Waals surface area contributed by atoms with E-state index in [1.54, 1.807) is 48.5 Å². The first-order chi connectivity index (χ1) is 12.1. The van der Waals surface area contributed by atoms with Crippen molar-refractivity contribution in [1.82, 2.24) is 0 Å². The van der Waals surface area contributed by atoms with Gasteiger partial charge in [0, 0.05) is 11.3 Å². The number of esters is 1. The SMILES string of the molecule is COC(=O)COc1ccccc1/C=C(\C#N)C(=O)Nc1ccccc1. The topological polar surface area (TPSA) is 88.4 Å². The number of para-hydroxylation sites is 2. The molecule has 2 aromatic rings. The van der Waals surface area contributed by atoms with Gasteiger partial charge < -0.3 is 14.8 Å². The molecule has 2 aromatic carbocycles. The predicted octanol–water partition coefficient (Wildman–Crippen LogP) is 2.78. The lowest BCUT2D eigenvalue weighted by Crippen LogP contribution is -2.14. The van der Waals surface area contributed by atoms with Crippen molar-refractivity contribution in [3.63, 3.8) is 0 Å². The van der Waals surface area contributed by atoms with E-state index < -0.39 is 11.9 Å². The van der Waals surface area contributed by atoms with Gasteiger partial charge in [0.1, 0.15) is 17.4 Å². The first-order valence-corrected chi connectivity index (χ1v) is 7.41. The molecule has 25 heavy (non-hydrogen) atoms. The van der Waals surface area contributed by atoms with Crippen molar-refractivity contribution in [3.05, 3.63) is 65.7 Å². The minimum atomic E-state index is -0.531. The van der Waals surface area contributed by atoms with Crippen LogP contribution in [0.3, 0.4) is 0 Å². The fourth-order valence-electron chi connectivity index (χ4n) is 1.95. The number of carbonyl (C=O) groups excluding carboxylic acids is 2. The number of hydrogen-bond acceptors (Lipinski definition) is 5. The molecular formula is C19H16N2O4. The number of methoxy groups -OCH3 is 1. The normalized spacial score (nSPS) is 10.5. The number of rotatable bonds is 6. The Hall–Kier alpha value is -3.59. The number of nitrogens with one attached hydrogen (secondary N) is 1. The third-order valence-corrected chi connectivity index (χ3v) is 3.19. The maximum Gasteiger partial charge on any atom is 0.343 e. The van der Waals surface area contributed by atoms with Gasteiger partial charge in [0.05, 0.1) is 7.11 Å².